The summed E-state index contributed by atoms with van der Waals surface area (Å²) in [5.41, 5.74) is 2.74. The molecule has 1 aromatic carbocycles. The molecule has 1 radical (unpaired) electrons. The van der Waals surface area contributed by atoms with Gasteiger partial charge < -0.3 is 0 Å². The highest BCUT2D eigenvalue weighted by molar-refractivity contribution is 5.77. The zero-order valence-corrected chi connectivity index (χ0v) is 8.59. The van der Waals surface area contributed by atoms with Crippen molar-refractivity contribution in [1.29, 1.82) is 0 Å². The average Bonchev–Trinajstić information content (AvgIpc) is 2.39. The molecule has 0 aliphatic carbocycles. The minimum absolute atomic E-state index is 0.740. The first-order valence-corrected chi connectivity index (χ1v) is 5.12. The van der Waals surface area contributed by atoms with Gasteiger partial charge in [0, 0.05) is 17.1 Å². The van der Waals surface area contributed by atoms with Crippen molar-refractivity contribution in [2.45, 2.75) is 0 Å². The molecule has 2 heteroatoms. The monoisotopic (exact) mass is 205 g/mol. The molecule has 0 spiro atoms. The maximum absolute atomic E-state index is 4.50. The fraction of sp³-hybridized carbons (Fsp3) is 0. The predicted molar refractivity (Wildman–Crippen MR) is 63.8 cm³/mol. The summed E-state index contributed by atoms with van der Waals surface area (Å²) in [6, 6.07) is 19.0. The molecule has 0 fully saturated rings. The van der Waals surface area contributed by atoms with E-state index in [9.17, 15) is 0 Å². The van der Waals surface area contributed by atoms with Gasteiger partial charge in [-0.3, -0.25) is 0 Å². The molecule has 0 N–H and O–H groups in total. The lowest BCUT2D eigenvalue weighted by Gasteiger charge is -2.01. The van der Waals surface area contributed by atoms with Gasteiger partial charge in [-0.05, 0) is 24.3 Å². The molecule has 0 aliphatic rings. The predicted octanol–water partition coefficient (Wildman–Crippen LogP) is 3.10. The summed E-state index contributed by atoms with van der Waals surface area (Å²) in [7, 11) is 0. The molecule has 0 unspecified atom stereocenters. The Morgan fingerprint density at radius 2 is 1.81 bits per heavy atom. The first-order chi connectivity index (χ1) is 7.93. The second kappa shape index (κ2) is 3.74. The van der Waals surface area contributed by atoms with Crippen LogP contribution in [0, 0.1) is 6.07 Å². The number of rotatable bonds is 1. The number of nitrogens with zero attached hydrogens (tertiary/aromatic N) is 2. The summed E-state index contributed by atoms with van der Waals surface area (Å²) in [6.45, 7) is 0. The molecular formula is C14H9N2. The highest BCUT2D eigenvalue weighted by Gasteiger charge is 2.00. The molecule has 2 heterocycles. The summed E-state index contributed by atoms with van der Waals surface area (Å²) in [4.78, 5) is 8.73. The van der Waals surface area contributed by atoms with Crippen LogP contribution in [0.15, 0.2) is 54.7 Å². The van der Waals surface area contributed by atoms with E-state index < -0.39 is 0 Å². The lowest BCUT2D eigenvalue weighted by molar-refractivity contribution is 1.29. The van der Waals surface area contributed by atoms with E-state index in [-0.39, 0.29) is 0 Å². The third-order valence-electron chi connectivity index (χ3n) is 2.45. The van der Waals surface area contributed by atoms with Gasteiger partial charge in [-0.15, -0.1) is 0 Å². The van der Waals surface area contributed by atoms with E-state index in [1.165, 1.54) is 0 Å². The molecule has 3 aromatic rings. The molecule has 0 aliphatic heterocycles. The molecular weight excluding hydrogens is 196 g/mol. The molecule has 0 saturated carbocycles. The minimum atomic E-state index is 0.740. The Bertz CT molecular complexity index is 618. The van der Waals surface area contributed by atoms with Gasteiger partial charge in [0.15, 0.2) is 5.65 Å². The van der Waals surface area contributed by atoms with Crippen LogP contribution in [0.25, 0.3) is 22.3 Å². The SMILES string of the molecule is [c]1cc(-c2ccccc2)nc2ncccc12. The molecule has 0 saturated heterocycles. The fourth-order valence-corrected chi connectivity index (χ4v) is 1.65. The van der Waals surface area contributed by atoms with Crippen molar-refractivity contribution in [3.05, 3.63) is 60.8 Å². The summed E-state index contributed by atoms with van der Waals surface area (Å²) >= 11 is 0. The maximum Gasteiger partial charge on any atom is 0.160 e. The fourth-order valence-electron chi connectivity index (χ4n) is 1.65. The van der Waals surface area contributed by atoms with E-state index in [0.717, 1.165) is 22.3 Å². The molecule has 2 aromatic heterocycles. The van der Waals surface area contributed by atoms with Crippen LogP contribution in [0.5, 0.6) is 0 Å². The molecule has 2 nitrogen and oxygen atoms in total. The van der Waals surface area contributed by atoms with Gasteiger partial charge in [0.1, 0.15) is 0 Å². The number of fused-ring (bicyclic) bond motifs is 1. The van der Waals surface area contributed by atoms with E-state index >= 15 is 0 Å². The Morgan fingerprint density at radius 3 is 2.69 bits per heavy atom. The molecule has 0 atom stereocenters. The lowest BCUT2D eigenvalue weighted by atomic mass is 10.1. The summed E-state index contributed by atoms with van der Waals surface area (Å²) in [5, 5.41) is 0.946. The first kappa shape index (κ1) is 9.04. The van der Waals surface area contributed by atoms with Gasteiger partial charge in [0.05, 0.1) is 5.69 Å². The third kappa shape index (κ3) is 1.54. The molecule has 0 amide bonds. The summed E-state index contributed by atoms with van der Waals surface area (Å²) < 4.78 is 0. The van der Waals surface area contributed by atoms with Crippen molar-refractivity contribution in [3.63, 3.8) is 0 Å². The topological polar surface area (TPSA) is 25.8 Å². The normalized spacial score (nSPS) is 10.5. The smallest absolute Gasteiger partial charge is 0.160 e. The quantitative estimate of drug-likeness (QED) is 0.610. The van der Waals surface area contributed by atoms with Crippen LogP contribution < -0.4 is 0 Å². The van der Waals surface area contributed by atoms with Crippen molar-refractivity contribution >= 4 is 11.0 Å². The van der Waals surface area contributed by atoms with E-state index in [0.29, 0.717) is 0 Å². The number of pyridine rings is 2. The molecule has 3 rings (SSSR count). The standard InChI is InChI=1S/C14H9N2/c1-2-5-11(6-3-1)13-9-8-12-7-4-10-15-14(12)16-13/h1-7,9-10H. The van der Waals surface area contributed by atoms with Crippen LogP contribution in [0.3, 0.4) is 0 Å². The van der Waals surface area contributed by atoms with Crippen LogP contribution in [0.2, 0.25) is 0 Å². The first-order valence-electron chi connectivity index (χ1n) is 5.12. The van der Waals surface area contributed by atoms with Gasteiger partial charge in [-0.1, -0.05) is 30.3 Å². The Labute approximate surface area is 93.6 Å². The van der Waals surface area contributed by atoms with Crippen LogP contribution >= 0.6 is 0 Å². The largest absolute Gasteiger partial charge is 0.237 e. The molecule has 75 valence electrons. The van der Waals surface area contributed by atoms with Crippen LogP contribution in [0.1, 0.15) is 0 Å². The Hall–Kier alpha value is -2.22. The number of aromatic nitrogens is 2. The van der Waals surface area contributed by atoms with Crippen molar-refractivity contribution in [2.24, 2.45) is 0 Å². The second-order valence-corrected chi connectivity index (χ2v) is 3.53. The highest BCUT2D eigenvalue weighted by atomic mass is 14.8. The van der Waals surface area contributed by atoms with Gasteiger partial charge in [-0.2, -0.15) is 0 Å². The lowest BCUT2D eigenvalue weighted by Crippen LogP contribution is -1.87. The Kier molecular flexibility index (Phi) is 2.11. The minimum Gasteiger partial charge on any atom is -0.237 e. The Balaban J connectivity index is 2.19. The summed E-state index contributed by atoms with van der Waals surface area (Å²) in [5.74, 6) is 0. The van der Waals surface area contributed by atoms with Crippen molar-refractivity contribution < 1.29 is 0 Å². The van der Waals surface area contributed by atoms with E-state index in [2.05, 4.69) is 16.0 Å². The third-order valence-corrected chi connectivity index (χ3v) is 2.45. The van der Waals surface area contributed by atoms with Crippen molar-refractivity contribution in [1.82, 2.24) is 9.97 Å². The van der Waals surface area contributed by atoms with Gasteiger partial charge in [-0.25, -0.2) is 9.97 Å². The summed E-state index contributed by atoms with van der Waals surface area (Å²) in [6.07, 6.45) is 1.75. The van der Waals surface area contributed by atoms with Gasteiger partial charge >= 0.3 is 0 Å². The van der Waals surface area contributed by atoms with E-state index in [4.69, 9.17) is 0 Å². The van der Waals surface area contributed by atoms with Crippen LogP contribution in [-0.4, -0.2) is 9.97 Å². The second-order valence-electron chi connectivity index (χ2n) is 3.53. The van der Waals surface area contributed by atoms with Gasteiger partial charge in [0.25, 0.3) is 0 Å². The van der Waals surface area contributed by atoms with Crippen molar-refractivity contribution in [3.8, 4) is 11.3 Å². The molecule has 0 bridgehead atoms. The number of benzene rings is 1. The van der Waals surface area contributed by atoms with E-state index in [1.54, 1.807) is 6.20 Å². The number of hydrogen-bond acceptors (Lipinski definition) is 2. The maximum atomic E-state index is 4.50. The Morgan fingerprint density at radius 1 is 0.938 bits per heavy atom. The van der Waals surface area contributed by atoms with Gasteiger partial charge in [0.2, 0.25) is 0 Å². The zero-order chi connectivity index (χ0) is 10.8. The van der Waals surface area contributed by atoms with Crippen LogP contribution in [0.4, 0.5) is 0 Å². The van der Waals surface area contributed by atoms with Crippen LogP contribution in [-0.2, 0) is 0 Å². The highest BCUT2D eigenvalue weighted by Crippen LogP contribution is 2.18. The zero-order valence-electron chi connectivity index (χ0n) is 8.59. The number of hydrogen-bond donors (Lipinski definition) is 0. The van der Waals surface area contributed by atoms with E-state index in [1.807, 2.05) is 48.5 Å². The average molecular weight is 205 g/mol. The van der Waals surface area contributed by atoms with Crippen molar-refractivity contribution in [2.75, 3.05) is 0 Å². The molecule has 16 heavy (non-hydrogen) atoms.